The number of nitrogens with two attached hydrogens (primary N) is 1. The van der Waals surface area contributed by atoms with Crippen LogP contribution in [0.15, 0.2) is 35.4 Å². The number of rotatable bonds is 2. The maximum absolute atomic E-state index is 11.5. The molecule has 15 heavy (non-hydrogen) atoms. The first-order chi connectivity index (χ1) is 7.31. The lowest BCUT2D eigenvalue weighted by Crippen LogP contribution is -2.29. The molecule has 2 rings (SSSR count). The van der Waals surface area contributed by atoms with Gasteiger partial charge >= 0.3 is 0 Å². The van der Waals surface area contributed by atoms with E-state index < -0.39 is 0 Å². The van der Waals surface area contributed by atoms with Crippen molar-refractivity contribution in [3.8, 4) is 0 Å². The van der Waals surface area contributed by atoms with Gasteiger partial charge in [-0.05, 0) is 5.56 Å². The van der Waals surface area contributed by atoms with E-state index in [0.717, 1.165) is 5.56 Å². The number of hydrogen-bond donors (Lipinski definition) is 1. The number of amides is 1. The van der Waals surface area contributed by atoms with E-state index in [9.17, 15) is 4.79 Å². The summed E-state index contributed by atoms with van der Waals surface area (Å²) >= 11 is 1.23. The Kier molecular flexibility index (Phi) is 2.91. The molecular weight excluding hydrogens is 210 g/mol. The van der Waals surface area contributed by atoms with Gasteiger partial charge in [0.25, 0.3) is 5.24 Å². The number of hydrazone groups is 1. The van der Waals surface area contributed by atoms with Gasteiger partial charge in [-0.2, -0.15) is 5.10 Å². The van der Waals surface area contributed by atoms with Crippen molar-refractivity contribution >= 4 is 22.8 Å². The molecule has 1 heterocycles. The molecule has 0 aromatic heterocycles. The van der Waals surface area contributed by atoms with Crippen LogP contribution >= 0.6 is 11.8 Å². The minimum absolute atomic E-state index is 0.0167. The number of hydrogen-bond acceptors (Lipinski definition) is 4. The Bertz CT molecular complexity index is 391. The first-order valence-corrected chi connectivity index (χ1v) is 5.55. The van der Waals surface area contributed by atoms with Gasteiger partial charge in [-0.3, -0.25) is 9.69 Å². The van der Waals surface area contributed by atoms with Crippen molar-refractivity contribution in [1.82, 2.24) is 4.90 Å². The highest BCUT2D eigenvalue weighted by Crippen LogP contribution is 2.21. The smallest absolute Gasteiger partial charge is 0.287 e. The fraction of sp³-hybridized carbons (Fsp3) is 0.200. The van der Waals surface area contributed by atoms with Gasteiger partial charge in [0.05, 0.1) is 12.3 Å². The van der Waals surface area contributed by atoms with Gasteiger partial charge in [-0.1, -0.05) is 42.1 Å². The summed E-state index contributed by atoms with van der Waals surface area (Å²) in [6, 6.07) is 9.79. The molecule has 4 nitrogen and oxygen atoms in total. The first kappa shape index (κ1) is 10.0. The standard InChI is InChI=1S/C10H11N3OS/c11-12-9-7-15-10(14)13(9)6-8-4-2-1-3-5-8/h1-5H,6-7,11H2. The summed E-state index contributed by atoms with van der Waals surface area (Å²) in [5.74, 6) is 6.44. The predicted octanol–water partition coefficient (Wildman–Crippen LogP) is 1.63. The fourth-order valence-electron chi connectivity index (χ4n) is 1.42. The van der Waals surface area contributed by atoms with Gasteiger partial charge in [-0.25, -0.2) is 0 Å². The third-order valence-electron chi connectivity index (χ3n) is 2.19. The highest BCUT2D eigenvalue weighted by molar-refractivity contribution is 8.14. The molecule has 1 saturated heterocycles. The molecule has 0 unspecified atom stereocenters. The maximum Gasteiger partial charge on any atom is 0.287 e. The Balaban J connectivity index is 2.14. The summed E-state index contributed by atoms with van der Waals surface area (Å²) in [5.41, 5.74) is 1.08. The van der Waals surface area contributed by atoms with Crippen molar-refractivity contribution in [2.75, 3.05) is 5.75 Å². The normalized spacial score (nSPS) is 18.8. The number of thioether (sulfide) groups is 1. The van der Waals surface area contributed by atoms with Crippen molar-refractivity contribution in [2.24, 2.45) is 10.9 Å². The Morgan fingerprint density at radius 3 is 2.80 bits per heavy atom. The molecule has 78 valence electrons. The van der Waals surface area contributed by atoms with E-state index >= 15 is 0 Å². The summed E-state index contributed by atoms with van der Waals surface area (Å²) in [7, 11) is 0. The summed E-state index contributed by atoms with van der Waals surface area (Å²) in [4.78, 5) is 13.1. The van der Waals surface area contributed by atoms with Gasteiger partial charge in [0.15, 0.2) is 0 Å². The van der Waals surface area contributed by atoms with Crippen LogP contribution in [0.25, 0.3) is 0 Å². The second-order valence-corrected chi connectivity index (χ2v) is 4.10. The van der Waals surface area contributed by atoms with E-state index in [1.807, 2.05) is 30.3 Å². The van der Waals surface area contributed by atoms with Crippen LogP contribution in [0, 0.1) is 0 Å². The Hall–Kier alpha value is -1.49. The molecule has 1 fully saturated rings. The highest BCUT2D eigenvalue weighted by atomic mass is 32.2. The number of nitrogens with zero attached hydrogens (tertiary/aromatic N) is 2. The summed E-state index contributed by atoms with van der Waals surface area (Å²) in [6.45, 7) is 0.544. The Labute approximate surface area is 92.1 Å². The molecule has 2 N–H and O–H groups in total. The lowest BCUT2D eigenvalue weighted by Gasteiger charge is -2.14. The first-order valence-electron chi connectivity index (χ1n) is 4.56. The molecule has 0 aliphatic carbocycles. The van der Waals surface area contributed by atoms with Crippen LogP contribution in [0.2, 0.25) is 0 Å². The van der Waals surface area contributed by atoms with Crippen LogP contribution in [-0.2, 0) is 6.54 Å². The molecule has 0 saturated carbocycles. The topological polar surface area (TPSA) is 58.7 Å². The van der Waals surface area contributed by atoms with Crippen molar-refractivity contribution in [3.63, 3.8) is 0 Å². The van der Waals surface area contributed by atoms with Crippen LogP contribution in [0.5, 0.6) is 0 Å². The monoisotopic (exact) mass is 221 g/mol. The molecule has 1 aliphatic rings. The van der Waals surface area contributed by atoms with Crippen LogP contribution in [0.3, 0.4) is 0 Å². The van der Waals surface area contributed by atoms with E-state index in [1.165, 1.54) is 11.8 Å². The van der Waals surface area contributed by atoms with Crippen LogP contribution < -0.4 is 5.84 Å². The average Bonchev–Trinajstić information content (AvgIpc) is 2.62. The molecule has 0 atom stereocenters. The van der Waals surface area contributed by atoms with Crippen molar-refractivity contribution in [3.05, 3.63) is 35.9 Å². The predicted molar refractivity (Wildman–Crippen MR) is 61.5 cm³/mol. The van der Waals surface area contributed by atoms with E-state index in [2.05, 4.69) is 5.10 Å². The molecular formula is C10H11N3OS. The molecule has 0 radical (unpaired) electrons. The van der Waals surface area contributed by atoms with Crippen molar-refractivity contribution in [2.45, 2.75) is 6.54 Å². The summed E-state index contributed by atoms with van der Waals surface area (Å²) < 4.78 is 0. The van der Waals surface area contributed by atoms with Gasteiger partial charge in [0.2, 0.25) is 0 Å². The number of amidine groups is 1. The SMILES string of the molecule is NN=C1CSC(=O)N1Cc1ccccc1. The molecule has 0 bridgehead atoms. The number of carbonyl (C=O) groups is 1. The van der Waals surface area contributed by atoms with E-state index in [4.69, 9.17) is 5.84 Å². The van der Waals surface area contributed by atoms with Crippen molar-refractivity contribution in [1.29, 1.82) is 0 Å². The lowest BCUT2D eigenvalue weighted by atomic mass is 10.2. The minimum atomic E-state index is 0.0167. The zero-order valence-electron chi connectivity index (χ0n) is 8.09. The zero-order valence-corrected chi connectivity index (χ0v) is 8.91. The quantitative estimate of drug-likeness (QED) is 0.610. The summed E-state index contributed by atoms with van der Waals surface area (Å²) in [5, 5.41) is 3.63. The van der Waals surface area contributed by atoms with Crippen molar-refractivity contribution < 1.29 is 4.79 Å². The third-order valence-corrected chi connectivity index (χ3v) is 3.06. The number of carbonyl (C=O) groups excluding carboxylic acids is 1. The highest BCUT2D eigenvalue weighted by Gasteiger charge is 2.27. The van der Waals surface area contributed by atoms with Crippen LogP contribution in [0.4, 0.5) is 4.79 Å². The molecule has 0 spiro atoms. The second-order valence-electron chi connectivity index (χ2n) is 3.17. The van der Waals surface area contributed by atoms with E-state index in [1.54, 1.807) is 4.90 Å². The molecule has 1 amide bonds. The van der Waals surface area contributed by atoms with Gasteiger partial charge in [-0.15, -0.1) is 0 Å². The van der Waals surface area contributed by atoms with Gasteiger partial charge < -0.3 is 5.84 Å². The molecule has 5 heteroatoms. The third kappa shape index (κ3) is 2.12. The minimum Gasteiger partial charge on any atom is -0.322 e. The largest absolute Gasteiger partial charge is 0.322 e. The second kappa shape index (κ2) is 4.35. The average molecular weight is 221 g/mol. The van der Waals surface area contributed by atoms with Crippen LogP contribution in [0.1, 0.15) is 5.56 Å². The lowest BCUT2D eigenvalue weighted by molar-refractivity contribution is 0.244. The van der Waals surface area contributed by atoms with E-state index in [-0.39, 0.29) is 5.24 Å². The maximum atomic E-state index is 11.5. The Morgan fingerprint density at radius 2 is 2.13 bits per heavy atom. The van der Waals surface area contributed by atoms with E-state index in [0.29, 0.717) is 18.1 Å². The molecule has 1 aromatic rings. The molecule has 1 aliphatic heterocycles. The Morgan fingerprint density at radius 1 is 1.40 bits per heavy atom. The van der Waals surface area contributed by atoms with Gasteiger partial charge in [0, 0.05) is 0 Å². The van der Waals surface area contributed by atoms with Crippen LogP contribution in [-0.4, -0.2) is 21.7 Å². The molecule has 1 aromatic carbocycles. The fourth-order valence-corrected chi connectivity index (χ4v) is 2.22. The number of benzene rings is 1. The zero-order chi connectivity index (χ0) is 10.7. The van der Waals surface area contributed by atoms with Gasteiger partial charge in [0.1, 0.15) is 5.84 Å². The summed E-state index contributed by atoms with van der Waals surface area (Å²) in [6.07, 6.45) is 0.